The molecule has 9 heteroatoms. The number of halogens is 1. The minimum Gasteiger partial charge on any atom is -0.497 e. The van der Waals surface area contributed by atoms with E-state index in [1.54, 1.807) is 42.6 Å². The summed E-state index contributed by atoms with van der Waals surface area (Å²) in [7, 11) is 1.65. The van der Waals surface area contributed by atoms with Gasteiger partial charge in [-0.3, -0.25) is 0 Å². The van der Waals surface area contributed by atoms with Crippen molar-refractivity contribution in [2.75, 3.05) is 12.4 Å². The number of rotatable bonds is 5. The minimum atomic E-state index is -0.246. The lowest BCUT2D eigenvalue weighted by atomic mass is 10.1. The summed E-state index contributed by atoms with van der Waals surface area (Å²) in [5, 5.41) is 8.22. The van der Waals surface area contributed by atoms with Crippen LogP contribution in [0.2, 0.25) is 5.02 Å². The molecule has 2 aromatic carbocycles. The van der Waals surface area contributed by atoms with E-state index in [-0.39, 0.29) is 5.54 Å². The fourth-order valence-corrected chi connectivity index (χ4v) is 4.10. The van der Waals surface area contributed by atoms with Crippen molar-refractivity contribution in [3.05, 3.63) is 72.3 Å². The molecule has 0 bridgehead atoms. The fraction of sp³-hybridized carbons (Fsp3) is 0.200. The second-order valence-corrected chi connectivity index (χ2v) is 9.27. The summed E-state index contributed by atoms with van der Waals surface area (Å²) in [6, 6.07) is 13.7. The molecule has 3 heterocycles. The lowest BCUT2D eigenvalue weighted by Crippen LogP contribution is -2.23. The van der Waals surface area contributed by atoms with Crippen LogP contribution in [-0.2, 0) is 5.54 Å². The minimum absolute atomic E-state index is 0.246. The van der Waals surface area contributed by atoms with E-state index >= 15 is 0 Å². The first-order chi connectivity index (χ1) is 16.3. The van der Waals surface area contributed by atoms with Crippen LogP contribution in [-0.4, -0.2) is 36.4 Å². The van der Waals surface area contributed by atoms with E-state index in [4.69, 9.17) is 21.3 Å². The Morgan fingerprint density at radius 3 is 2.50 bits per heavy atom. The summed E-state index contributed by atoms with van der Waals surface area (Å²) in [6.07, 6.45) is 6.79. The van der Waals surface area contributed by atoms with Gasteiger partial charge in [0.1, 0.15) is 11.6 Å². The zero-order chi connectivity index (χ0) is 23.9. The number of fused-ring (bicyclic) bond motifs is 1. The summed E-state index contributed by atoms with van der Waals surface area (Å²) in [5.41, 5.74) is 4.19. The first-order valence-corrected chi connectivity index (χ1v) is 11.2. The number of hydrogen-bond donors (Lipinski definition) is 1. The molecule has 1 N–H and O–H groups in total. The highest BCUT2D eigenvalue weighted by Crippen LogP contribution is 2.37. The standard InChI is InChI=1S/C25H24ClN7O/c1-25(2,3)33-22-8-6-17(30-24-27-10-5-11-28-24)12-20(22)31-23(33)19-13-18(34-4)7-9-21(19)32-15-16(26)14-29-32/h5-15H,1-4H3,(H,27,28,30). The fourth-order valence-electron chi connectivity index (χ4n) is 3.96. The maximum atomic E-state index is 6.17. The van der Waals surface area contributed by atoms with Crippen LogP contribution in [0.15, 0.2) is 67.3 Å². The van der Waals surface area contributed by atoms with Crippen LogP contribution in [0.5, 0.6) is 5.75 Å². The molecule has 0 unspecified atom stereocenters. The predicted molar refractivity (Wildman–Crippen MR) is 134 cm³/mol. The Kier molecular flexibility index (Phi) is 5.45. The van der Waals surface area contributed by atoms with Crippen LogP contribution in [0.3, 0.4) is 0 Å². The smallest absolute Gasteiger partial charge is 0.227 e. The van der Waals surface area contributed by atoms with Gasteiger partial charge in [-0.2, -0.15) is 5.10 Å². The zero-order valence-electron chi connectivity index (χ0n) is 19.3. The normalized spacial score (nSPS) is 11.7. The summed E-state index contributed by atoms with van der Waals surface area (Å²) in [6.45, 7) is 6.48. The summed E-state index contributed by atoms with van der Waals surface area (Å²) in [5.74, 6) is 2.06. The lowest BCUT2D eigenvalue weighted by Gasteiger charge is -2.25. The van der Waals surface area contributed by atoms with Gasteiger partial charge in [-0.05, 0) is 63.2 Å². The average Bonchev–Trinajstić information content (AvgIpc) is 3.42. The number of ether oxygens (including phenoxy) is 1. The van der Waals surface area contributed by atoms with Crippen molar-refractivity contribution in [1.29, 1.82) is 0 Å². The number of benzene rings is 2. The van der Waals surface area contributed by atoms with E-state index in [2.05, 4.69) is 51.8 Å². The highest BCUT2D eigenvalue weighted by atomic mass is 35.5. The molecule has 0 atom stereocenters. The van der Waals surface area contributed by atoms with Crippen molar-refractivity contribution in [2.45, 2.75) is 26.3 Å². The van der Waals surface area contributed by atoms with Crippen LogP contribution < -0.4 is 10.1 Å². The van der Waals surface area contributed by atoms with Gasteiger partial charge >= 0.3 is 0 Å². The second-order valence-electron chi connectivity index (χ2n) is 8.83. The molecule has 0 saturated heterocycles. The number of methoxy groups -OCH3 is 1. The van der Waals surface area contributed by atoms with Crippen LogP contribution in [0.25, 0.3) is 28.1 Å². The summed E-state index contributed by atoms with van der Waals surface area (Å²) in [4.78, 5) is 13.6. The number of nitrogens with one attached hydrogen (secondary N) is 1. The van der Waals surface area contributed by atoms with Crippen LogP contribution in [0, 0.1) is 0 Å². The molecule has 0 fully saturated rings. The van der Waals surface area contributed by atoms with E-state index in [1.165, 1.54) is 0 Å². The highest BCUT2D eigenvalue weighted by molar-refractivity contribution is 6.30. The number of nitrogens with zero attached hydrogens (tertiary/aromatic N) is 6. The largest absolute Gasteiger partial charge is 0.497 e. The molecule has 0 radical (unpaired) electrons. The maximum absolute atomic E-state index is 6.17. The molecule has 5 rings (SSSR count). The number of anilines is 2. The molecule has 5 aromatic rings. The van der Waals surface area contributed by atoms with Gasteiger partial charge in [-0.1, -0.05) is 11.6 Å². The number of hydrogen-bond acceptors (Lipinski definition) is 6. The summed E-state index contributed by atoms with van der Waals surface area (Å²) >= 11 is 6.17. The number of imidazole rings is 1. The van der Waals surface area contributed by atoms with E-state index in [1.807, 2.05) is 30.3 Å². The van der Waals surface area contributed by atoms with Crippen molar-refractivity contribution < 1.29 is 4.74 Å². The molecule has 0 aliphatic rings. The topological polar surface area (TPSA) is 82.7 Å². The molecule has 0 spiro atoms. The van der Waals surface area contributed by atoms with Gasteiger partial charge in [-0.25, -0.2) is 19.6 Å². The van der Waals surface area contributed by atoms with E-state index in [9.17, 15) is 0 Å². The SMILES string of the molecule is COc1ccc(-n2cc(Cl)cn2)c(-c2nc3cc(Nc4ncccn4)ccc3n2C(C)(C)C)c1. The Morgan fingerprint density at radius 2 is 1.82 bits per heavy atom. The van der Waals surface area contributed by atoms with Crippen molar-refractivity contribution in [1.82, 2.24) is 29.3 Å². The Bertz CT molecular complexity index is 1470. The number of aromatic nitrogens is 6. The first kappa shape index (κ1) is 21.9. The van der Waals surface area contributed by atoms with Crippen LogP contribution >= 0.6 is 11.6 Å². The molecule has 0 saturated carbocycles. The third-order valence-corrected chi connectivity index (χ3v) is 5.58. The Balaban J connectivity index is 1.71. The third kappa shape index (κ3) is 4.08. The maximum Gasteiger partial charge on any atom is 0.227 e. The highest BCUT2D eigenvalue weighted by Gasteiger charge is 2.25. The van der Waals surface area contributed by atoms with Gasteiger partial charge in [0.25, 0.3) is 0 Å². The average molecular weight is 474 g/mol. The Morgan fingerprint density at radius 1 is 1.03 bits per heavy atom. The van der Waals surface area contributed by atoms with Crippen LogP contribution in [0.1, 0.15) is 20.8 Å². The van der Waals surface area contributed by atoms with Crippen molar-refractivity contribution in [3.8, 4) is 22.8 Å². The monoisotopic (exact) mass is 473 g/mol. The van der Waals surface area contributed by atoms with E-state index < -0.39 is 0 Å². The molecular formula is C25H24ClN7O. The molecule has 0 amide bonds. The Labute approximate surface area is 202 Å². The zero-order valence-corrected chi connectivity index (χ0v) is 20.1. The van der Waals surface area contributed by atoms with E-state index in [0.717, 1.165) is 39.5 Å². The van der Waals surface area contributed by atoms with Crippen molar-refractivity contribution in [2.24, 2.45) is 0 Å². The molecule has 3 aromatic heterocycles. The summed E-state index contributed by atoms with van der Waals surface area (Å²) < 4.78 is 9.52. The van der Waals surface area contributed by atoms with Crippen molar-refractivity contribution in [3.63, 3.8) is 0 Å². The Hall–Kier alpha value is -3.91. The van der Waals surface area contributed by atoms with Crippen LogP contribution in [0.4, 0.5) is 11.6 Å². The predicted octanol–water partition coefficient (Wildman–Crippen LogP) is 5.84. The third-order valence-electron chi connectivity index (χ3n) is 5.39. The first-order valence-electron chi connectivity index (χ1n) is 10.8. The molecule has 0 aliphatic carbocycles. The lowest BCUT2D eigenvalue weighted by molar-refractivity contribution is 0.410. The van der Waals surface area contributed by atoms with Gasteiger partial charge in [0.15, 0.2) is 0 Å². The second kappa shape index (κ2) is 8.46. The molecular weight excluding hydrogens is 450 g/mol. The van der Waals surface area contributed by atoms with Gasteiger partial charge < -0.3 is 14.6 Å². The molecule has 172 valence electrons. The van der Waals surface area contributed by atoms with Crippen molar-refractivity contribution >= 4 is 34.3 Å². The van der Waals surface area contributed by atoms with Gasteiger partial charge in [-0.15, -0.1) is 0 Å². The molecule has 0 aliphatic heterocycles. The van der Waals surface area contributed by atoms with E-state index in [0.29, 0.717) is 11.0 Å². The van der Waals surface area contributed by atoms with Gasteiger partial charge in [0.2, 0.25) is 5.95 Å². The quantitative estimate of drug-likeness (QED) is 0.345. The van der Waals surface area contributed by atoms with Gasteiger partial charge in [0, 0.05) is 35.4 Å². The van der Waals surface area contributed by atoms with Gasteiger partial charge in [0.05, 0.1) is 35.1 Å². The molecule has 8 nitrogen and oxygen atoms in total. The molecule has 34 heavy (non-hydrogen) atoms.